The number of amides is 1. The molecular formula is C26H26FN3O3. The Bertz CT molecular complexity index is 1180. The third-order valence-corrected chi connectivity index (χ3v) is 5.89. The predicted molar refractivity (Wildman–Crippen MR) is 128 cm³/mol. The summed E-state index contributed by atoms with van der Waals surface area (Å²) in [6.07, 6.45) is 0. The molecule has 3 aromatic carbocycles. The molecule has 170 valence electrons. The van der Waals surface area contributed by atoms with E-state index in [9.17, 15) is 19.1 Å². The Hall–Kier alpha value is -3.87. The third-order valence-electron chi connectivity index (χ3n) is 5.89. The molecule has 1 saturated heterocycles. The smallest absolute Gasteiger partial charge is 0.337 e. The molecule has 1 amide bonds. The van der Waals surface area contributed by atoms with Crippen molar-refractivity contribution in [3.8, 4) is 0 Å². The minimum atomic E-state index is -1.06. The van der Waals surface area contributed by atoms with Crippen molar-refractivity contribution >= 4 is 28.9 Å². The summed E-state index contributed by atoms with van der Waals surface area (Å²) < 4.78 is 13.1. The molecule has 0 aliphatic carbocycles. The van der Waals surface area contributed by atoms with E-state index in [0.717, 1.165) is 6.54 Å². The Balaban J connectivity index is 1.52. The van der Waals surface area contributed by atoms with Gasteiger partial charge < -0.3 is 20.2 Å². The zero-order valence-electron chi connectivity index (χ0n) is 18.6. The second kappa shape index (κ2) is 9.32. The van der Waals surface area contributed by atoms with Crippen LogP contribution in [0.2, 0.25) is 0 Å². The predicted octanol–water partition coefficient (Wildman–Crippen LogP) is 4.80. The van der Waals surface area contributed by atoms with E-state index in [4.69, 9.17) is 0 Å². The van der Waals surface area contributed by atoms with E-state index in [1.54, 1.807) is 12.1 Å². The zero-order chi connectivity index (χ0) is 23.5. The van der Waals surface area contributed by atoms with Gasteiger partial charge in [0.2, 0.25) is 0 Å². The molecule has 2 N–H and O–H groups in total. The number of aromatic carboxylic acids is 1. The number of carboxylic acids is 1. The molecule has 1 aliphatic heterocycles. The van der Waals surface area contributed by atoms with Gasteiger partial charge in [-0.05, 0) is 74.0 Å². The molecular weight excluding hydrogens is 421 g/mol. The molecule has 0 spiro atoms. The van der Waals surface area contributed by atoms with Crippen LogP contribution in [0, 0.1) is 12.7 Å². The van der Waals surface area contributed by atoms with Crippen molar-refractivity contribution in [1.82, 2.24) is 0 Å². The maximum absolute atomic E-state index is 13.1. The molecule has 1 fully saturated rings. The number of nitrogens with one attached hydrogen (secondary N) is 1. The molecule has 33 heavy (non-hydrogen) atoms. The first-order chi connectivity index (χ1) is 15.8. The monoisotopic (exact) mass is 447 g/mol. The summed E-state index contributed by atoms with van der Waals surface area (Å²) in [5.41, 5.74) is 3.78. The van der Waals surface area contributed by atoms with Crippen molar-refractivity contribution in [2.24, 2.45) is 0 Å². The SMILES string of the molecule is Cc1cccc(N2CCN(c3ccc(NC(=O)c4ccc(F)cc4)cc3C(=O)O)CC2C)c1. The Kier molecular flexibility index (Phi) is 6.31. The molecule has 6 nitrogen and oxygen atoms in total. The maximum atomic E-state index is 13.1. The van der Waals surface area contributed by atoms with Crippen LogP contribution in [0.5, 0.6) is 0 Å². The van der Waals surface area contributed by atoms with Crippen molar-refractivity contribution in [3.05, 3.63) is 89.2 Å². The van der Waals surface area contributed by atoms with Crippen LogP contribution in [-0.4, -0.2) is 42.7 Å². The summed E-state index contributed by atoms with van der Waals surface area (Å²) in [5, 5.41) is 12.5. The number of carbonyl (C=O) groups excluding carboxylic acids is 1. The highest BCUT2D eigenvalue weighted by molar-refractivity contribution is 6.05. The number of carbonyl (C=O) groups is 2. The minimum Gasteiger partial charge on any atom is -0.478 e. The summed E-state index contributed by atoms with van der Waals surface area (Å²) >= 11 is 0. The Morgan fingerprint density at radius 1 is 1.03 bits per heavy atom. The first-order valence-electron chi connectivity index (χ1n) is 10.8. The Morgan fingerprint density at radius 3 is 2.45 bits per heavy atom. The fourth-order valence-corrected chi connectivity index (χ4v) is 4.23. The van der Waals surface area contributed by atoms with E-state index in [1.165, 1.54) is 41.6 Å². The van der Waals surface area contributed by atoms with E-state index >= 15 is 0 Å². The van der Waals surface area contributed by atoms with Gasteiger partial charge in [-0.3, -0.25) is 4.79 Å². The lowest BCUT2D eigenvalue weighted by molar-refractivity contribution is 0.0697. The molecule has 7 heteroatoms. The number of anilines is 3. The number of halogens is 1. The summed E-state index contributed by atoms with van der Waals surface area (Å²) in [5.74, 6) is -1.92. The lowest BCUT2D eigenvalue weighted by Gasteiger charge is -2.42. The van der Waals surface area contributed by atoms with E-state index in [-0.39, 0.29) is 11.6 Å². The van der Waals surface area contributed by atoms with Gasteiger partial charge in [0.15, 0.2) is 0 Å². The quantitative estimate of drug-likeness (QED) is 0.588. The number of piperazine rings is 1. The number of nitrogens with zero attached hydrogens (tertiary/aromatic N) is 2. The van der Waals surface area contributed by atoms with E-state index in [1.807, 2.05) is 6.07 Å². The van der Waals surface area contributed by atoms with Crippen LogP contribution in [0.3, 0.4) is 0 Å². The highest BCUT2D eigenvalue weighted by Gasteiger charge is 2.27. The summed E-state index contributed by atoms with van der Waals surface area (Å²) in [6.45, 7) is 6.33. The molecule has 1 heterocycles. The molecule has 1 aliphatic rings. The third kappa shape index (κ3) is 4.98. The lowest BCUT2D eigenvalue weighted by atomic mass is 10.1. The highest BCUT2D eigenvalue weighted by atomic mass is 19.1. The van der Waals surface area contributed by atoms with Crippen LogP contribution in [0.15, 0.2) is 66.7 Å². The van der Waals surface area contributed by atoms with Gasteiger partial charge >= 0.3 is 5.97 Å². The minimum absolute atomic E-state index is 0.128. The molecule has 1 unspecified atom stereocenters. The number of rotatable bonds is 5. The number of hydrogen-bond donors (Lipinski definition) is 2. The van der Waals surface area contributed by atoms with Gasteiger partial charge in [-0.25, -0.2) is 9.18 Å². The average Bonchev–Trinajstić information content (AvgIpc) is 2.79. The van der Waals surface area contributed by atoms with Gasteiger partial charge in [-0.2, -0.15) is 0 Å². The van der Waals surface area contributed by atoms with E-state index in [2.05, 4.69) is 47.2 Å². The highest BCUT2D eigenvalue weighted by Crippen LogP contribution is 2.29. The van der Waals surface area contributed by atoms with Crippen LogP contribution < -0.4 is 15.1 Å². The second-order valence-corrected chi connectivity index (χ2v) is 8.33. The molecule has 0 bridgehead atoms. The molecule has 4 rings (SSSR count). The standard InChI is InChI=1S/C26H26FN3O3/c1-17-4-3-5-22(14-17)30-13-12-29(16-18(30)2)24-11-10-21(15-23(24)26(32)33)28-25(31)19-6-8-20(27)9-7-19/h3-11,14-15,18H,12-13,16H2,1-2H3,(H,28,31)(H,32,33). The van der Waals surface area contributed by atoms with Crippen molar-refractivity contribution in [3.63, 3.8) is 0 Å². The fourth-order valence-electron chi connectivity index (χ4n) is 4.23. The number of benzene rings is 3. The van der Waals surface area contributed by atoms with Crippen molar-refractivity contribution in [2.75, 3.05) is 34.8 Å². The van der Waals surface area contributed by atoms with Gasteiger partial charge in [0.05, 0.1) is 11.3 Å². The van der Waals surface area contributed by atoms with Crippen molar-refractivity contribution < 1.29 is 19.1 Å². The lowest BCUT2D eigenvalue weighted by Crippen LogP contribution is -2.52. The number of hydrogen-bond acceptors (Lipinski definition) is 4. The van der Waals surface area contributed by atoms with Crippen LogP contribution in [0.1, 0.15) is 33.2 Å². The van der Waals surface area contributed by atoms with E-state index < -0.39 is 17.7 Å². The van der Waals surface area contributed by atoms with Crippen LogP contribution in [0.25, 0.3) is 0 Å². The molecule has 1 atom stereocenters. The fraction of sp³-hybridized carbons (Fsp3) is 0.231. The topological polar surface area (TPSA) is 72.9 Å². The van der Waals surface area contributed by atoms with Crippen LogP contribution >= 0.6 is 0 Å². The van der Waals surface area contributed by atoms with Gasteiger partial charge in [-0.1, -0.05) is 12.1 Å². The van der Waals surface area contributed by atoms with Crippen LogP contribution in [-0.2, 0) is 0 Å². The number of carboxylic acid groups (broad SMARTS) is 1. The Labute approximate surface area is 192 Å². The van der Waals surface area contributed by atoms with Crippen molar-refractivity contribution in [1.29, 1.82) is 0 Å². The second-order valence-electron chi connectivity index (χ2n) is 8.33. The van der Waals surface area contributed by atoms with Gasteiger partial charge in [0, 0.05) is 42.6 Å². The van der Waals surface area contributed by atoms with Gasteiger partial charge in [-0.15, -0.1) is 0 Å². The summed E-state index contributed by atoms with van der Waals surface area (Å²) in [6, 6.07) is 18.6. The molecule has 0 aromatic heterocycles. The first kappa shape index (κ1) is 22.3. The summed E-state index contributed by atoms with van der Waals surface area (Å²) in [7, 11) is 0. The van der Waals surface area contributed by atoms with Gasteiger partial charge in [0.25, 0.3) is 5.91 Å². The maximum Gasteiger partial charge on any atom is 0.337 e. The molecule has 3 aromatic rings. The molecule has 0 saturated carbocycles. The Morgan fingerprint density at radius 2 is 1.79 bits per heavy atom. The average molecular weight is 448 g/mol. The normalized spacial score (nSPS) is 15.9. The summed E-state index contributed by atoms with van der Waals surface area (Å²) in [4.78, 5) is 28.9. The van der Waals surface area contributed by atoms with Crippen LogP contribution in [0.4, 0.5) is 21.5 Å². The first-order valence-corrected chi connectivity index (χ1v) is 10.8. The number of aryl methyl sites for hydroxylation is 1. The largest absolute Gasteiger partial charge is 0.478 e. The van der Waals surface area contributed by atoms with Gasteiger partial charge in [0.1, 0.15) is 5.82 Å². The zero-order valence-corrected chi connectivity index (χ0v) is 18.6. The van der Waals surface area contributed by atoms with Crippen molar-refractivity contribution in [2.45, 2.75) is 19.9 Å². The van der Waals surface area contributed by atoms with E-state index in [0.29, 0.717) is 30.0 Å². The molecule has 0 radical (unpaired) electrons.